The van der Waals surface area contributed by atoms with Crippen molar-refractivity contribution in [2.75, 3.05) is 26.0 Å². The average molecular weight is 208 g/mol. The van der Waals surface area contributed by atoms with E-state index >= 15 is 0 Å². The van der Waals surface area contributed by atoms with Crippen molar-refractivity contribution >= 4 is 11.6 Å². The molecule has 0 aliphatic rings. The maximum atomic E-state index is 11.7. The first-order valence-electron chi connectivity index (χ1n) is 4.79. The maximum absolute atomic E-state index is 11.7. The second-order valence-electron chi connectivity index (χ2n) is 3.29. The highest BCUT2D eigenvalue weighted by molar-refractivity contribution is 6.00. The maximum Gasteiger partial charge on any atom is 0.253 e. The molecule has 0 saturated heterocycles. The van der Waals surface area contributed by atoms with Crippen LogP contribution in [0.5, 0.6) is 0 Å². The van der Waals surface area contributed by atoms with Gasteiger partial charge in [-0.25, -0.2) is 0 Å². The number of carbonyl (C=O) groups is 1. The number of methoxy groups -OCH3 is 1. The minimum Gasteiger partial charge on any atom is -0.398 e. The van der Waals surface area contributed by atoms with Crippen LogP contribution in [0.25, 0.3) is 0 Å². The first-order valence-corrected chi connectivity index (χ1v) is 4.79. The Morgan fingerprint density at radius 2 is 2.27 bits per heavy atom. The van der Waals surface area contributed by atoms with E-state index in [1.54, 1.807) is 13.2 Å². The van der Waals surface area contributed by atoms with Gasteiger partial charge in [-0.2, -0.15) is 0 Å². The van der Waals surface area contributed by atoms with Crippen LogP contribution in [-0.4, -0.2) is 26.2 Å². The van der Waals surface area contributed by atoms with E-state index in [9.17, 15) is 4.79 Å². The first-order chi connectivity index (χ1) is 7.16. The summed E-state index contributed by atoms with van der Waals surface area (Å²) >= 11 is 0. The third-order valence-electron chi connectivity index (χ3n) is 2.12. The van der Waals surface area contributed by atoms with Crippen LogP contribution in [0.15, 0.2) is 18.2 Å². The number of rotatable bonds is 4. The van der Waals surface area contributed by atoms with E-state index in [-0.39, 0.29) is 5.91 Å². The number of ether oxygens (including phenoxy) is 1. The zero-order valence-electron chi connectivity index (χ0n) is 9.04. The minimum atomic E-state index is -0.150. The topological polar surface area (TPSA) is 64.3 Å². The van der Waals surface area contributed by atoms with Crippen LogP contribution in [0.1, 0.15) is 15.9 Å². The van der Waals surface area contributed by atoms with Crippen molar-refractivity contribution in [3.63, 3.8) is 0 Å². The molecule has 0 heterocycles. The fraction of sp³-hybridized carbons (Fsp3) is 0.364. The van der Waals surface area contributed by atoms with E-state index in [4.69, 9.17) is 10.5 Å². The van der Waals surface area contributed by atoms with Gasteiger partial charge >= 0.3 is 0 Å². The predicted molar refractivity (Wildman–Crippen MR) is 59.8 cm³/mol. The Morgan fingerprint density at radius 3 is 2.87 bits per heavy atom. The molecule has 0 unspecified atom stereocenters. The average Bonchev–Trinajstić information content (AvgIpc) is 2.18. The molecule has 0 radical (unpaired) electrons. The monoisotopic (exact) mass is 208 g/mol. The third-order valence-corrected chi connectivity index (χ3v) is 2.12. The highest BCUT2D eigenvalue weighted by atomic mass is 16.5. The van der Waals surface area contributed by atoms with Gasteiger partial charge in [-0.05, 0) is 18.6 Å². The fourth-order valence-electron chi connectivity index (χ4n) is 1.36. The van der Waals surface area contributed by atoms with Crippen LogP contribution < -0.4 is 11.1 Å². The second-order valence-corrected chi connectivity index (χ2v) is 3.29. The van der Waals surface area contributed by atoms with Crippen molar-refractivity contribution in [2.45, 2.75) is 6.92 Å². The fourth-order valence-corrected chi connectivity index (χ4v) is 1.36. The summed E-state index contributed by atoms with van der Waals surface area (Å²) in [5, 5.41) is 2.74. The van der Waals surface area contributed by atoms with Gasteiger partial charge in [0, 0.05) is 19.3 Å². The van der Waals surface area contributed by atoms with Gasteiger partial charge in [0.05, 0.1) is 12.2 Å². The van der Waals surface area contributed by atoms with Gasteiger partial charge in [0.15, 0.2) is 0 Å². The Bertz CT molecular complexity index is 330. The lowest BCUT2D eigenvalue weighted by atomic mass is 10.1. The smallest absolute Gasteiger partial charge is 0.253 e. The van der Waals surface area contributed by atoms with E-state index in [1.165, 1.54) is 0 Å². The van der Waals surface area contributed by atoms with E-state index < -0.39 is 0 Å². The summed E-state index contributed by atoms with van der Waals surface area (Å²) in [6, 6.07) is 5.41. The number of anilines is 1. The molecule has 0 aliphatic heterocycles. The molecule has 0 aliphatic carbocycles. The molecule has 3 N–H and O–H groups in total. The Kier molecular flexibility index (Phi) is 4.12. The lowest BCUT2D eigenvalue weighted by Gasteiger charge is -2.09. The minimum absolute atomic E-state index is 0.150. The van der Waals surface area contributed by atoms with Crippen molar-refractivity contribution in [3.05, 3.63) is 29.3 Å². The standard InChI is InChI=1S/C11H16N2O2/c1-8-4-3-5-9(12)10(8)11(14)13-6-7-15-2/h3-5H,6-7,12H2,1-2H3,(H,13,14). The molecule has 0 saturated carbocycles. The molecule has 0 spiro atoms. The number of nitrogens with two attached hydrogens (primary N) is 1. The van der Waals surface area contributed by atoms with Crippen molar-refractivity contribution in [1.29, 1.82) is 0 Å². The summed E-state index contributed by atoms with van der Waals surface area (Å²) in [7, 11) is 1.59. The molecule has 1 rings (SSSR count). The van der Waals surface area contributed by atoms with Crippen LogP contribution in [-0.2, 0) is 4.74 Å². The zero-order valence-corrected chi connectivity index (χ0v) is 9.04. The molecule has 0 fully saturated rings. The van der Waals surface area contributed by atoms with Crippen LogP contribution in [0, 0.1) is 6.92 Å². The van der Waals surface area contributed by atoms with Gasteiger partial charge in [-0.15, -0.1) is 0 Å². The van der Waals surface area contributed by atoms with E-state index in [2.05, 4.69) is 5.32 Å². The van der Waals surface area contributed by atoms with E-state index in [1.807, 2.05) is 19.1 Å². The molecule has 4 heteroatoms. The van der Waals surface area contributed by atoms with Gasteiger partial charge < -0.3 is 15.8 Å². The number of carbonyl (C=O) groups excluding carboxylic acids is 1. The molecule has 0 bridgehead atoms. The van der Waals surface area contributed by atoms with Gasteiger partial charge in [0.1, 0.15) is 0 Å². The van der Waals surface area contributed by atoms with Gasteiger partial charge in [-0.1, -0.05) is 12.1 Å². The highest BCUT2D eigenvalue weighted by Gasteiger charge is 2.11. The van der Waals surface area contributed by atoms with Crippen molar-refractivity contribution in [2.24, 2.45) is 0 Å². The van der Waals surface area contributed by atoms with Crippen LogP contribution >= 0.6 is 0 Å². The van der Waals surface area contributed by atoms with Crippen LogP contribution in [0.4, 0.5) is 5.69 Å². The Morgan fingerprint density at radius 1 is 1.53 bits per heavy atom. The van der Waals surface area contributed by atoms with Gasteiger partial charge in [0.25, 0.3) is 5.91 Å². The quantitative estimate of drug-likeness (QED) is 0.572. The largest absolute Gasteiger partial charge is 0.398 e. The molecular formula is C11H16N2O2. The summed E-state index contributed by atoms with van der Waals surface area (Å²) < 4.78 is 4.84. The summed E-state index contributed by atoms with van der Waals surface area (Å²) in [4.78, 5) is 11.7. The predicted octanol–water partition coefficient (Wildman–Crippen LogP) is 0.953. The highest BCUT2D eigenvalue weighted by Crippen LogP contribution is 2.15. The summed E-state index contributed by atoms with van der Waals surface area (Å²) in [5.41, 5.74) is 7.67. The Labute approximate surface area is 89.4 Å². The molecule has 0 atom stereocenters. The first kappa shape index (κ1) is 11.5. The van der Waals surface area contributed by atoms with Crippen LogP contribution in [0.2, 0.25) is 0 Å². The van der Waals surface area contributed by atoms with E-state index in [0.29, 0.717) is 24.4 Å². The van der Waals surface area contributed by atoms with E-state index in [0.717, 1.165) is 5.56 Å². The number of benzene rings is 1. The van der Waals surface area contributed by atoms with Crippen molar-refractivity contribution < 1.29 is 9.53 Å². The molecule has 15 heavy (non-hydrogen) atoms. The van der Waals surface area contributed by atoms with Gasteiger partial charge in [-0.3, -0.25) is 4.79 Å². The summed E-state index contributed by atoms with van der Waals surface area (Å²) in [6.45, 7) is 2.85. The van der Waals surface area contributed by atoms with Crippen LogP contribution in [0.3, 0.4) is 0 Å². The summed E-state index contributed by atoms with van der Waals surface area (Å²) in [6.07, 6.45) is 0. The molecule has 0 aromatic heterocycles. The molecule has 1 amide bonds. The summed E-state index contributed by atoms with van der Waals surface area (Å²) in [5.74, 6) is -0.150. The SMILES string of the molecule is COCCNC(=O)c1c(C)cccc1N. The Hall–Kier alpha value is -1.55. The number of hydrogen-bond donors (Lipinski definition) is 2. The second kappa shape index (κ2) is 5.36. The van der Waals surface area contributed by atoms with Gasteiger partial charge in [0.2, 0.25) is 0 Å². The third kappa shape index (κ3) is 2.95. The molecule has 4 nitrogen and oxygen atoms in total. The number of nitrogen functional groups attached to an aromatic ring is 1. The lowest BCUT2D eigenvalue weighted by Crippen LogP contribution is -2.28. The zero-order chi connectivity index (χ0) is 11.3. The Balaban J connectivity index is 2.73. The lowest BCUT2D eigenvalue weighted by molar-refractivity contribution is 0.0937. The normalized spacial score (nSPS) is 10.0. The van der Waals surface area contributed by atoms with Crippen molar-refractivity contribution in [3.8, 4) is 0 Å². The molecule has 1 aromatic carbocycles. The number of hydrogen-bond acceptors (Lipinski definition) is 3. The van der Waals surface area contributed by atoms with Crippen molar-refractivity contribution in [1.82, 2.24) is 5.32 Å². The number of aryl methyl sites for hydroxylation is 1. The molecule has 1 aromatic rings. The number of nitrogens with one attached hydrogen (secondary N) is 1. The molecule has 82 valence electrons. The number of amides is 1. The molecular weight excluding hydrogens is 192 g/mol.